The Morgan fingerprint density at radius 2 is 2.00 bits per heavy atom. The number of carbonyl (C=O) groups excluding carboxylic acids is 1. The van der Waals surface area contributed by atoms with Gasteiger partial charge in [0.15, 0.2) is 5.65 Å². The highest BCUT2D eigenvalue weighted by Gasteiger charge is 2.11. The average Bonchev–Trinajstić information content (AvgIpc) is 2.96. The van der Waals surface area contributed by atoms with Crippen molar-refractivity contribution in [3.05, 3.63) is 66.2 Å². The molecular weight excluding hydrogens is 290 g/mol. The van der Waals surface area contributed by atoms with E-state index in [0.29, 0.717) is 16.9 Å². The molecule has 1 amide bonds. The van der Waals surface area contributed by atoms with Gasteiger partial charge in [0, 0.05) is 23.3 Å². The summed E-state index contributed by atoms with van der Waals surface area (Å²) in [5.41, 5.74) is 2.62. The van der Waals surface area contributed by atoms with Crippen molar-refractivity contribution in [2.75, 3.05) is 5.32 Å². The lowest BCUT2D eigenvalue weighted by Crippen LogP contribution is -2.12. The Bertz CT molecular complexity index is 1030. The van der Waals surface area contributed by atoms with Gasteiger partial charge in [-0.1, -0.05) is 18.2 Å². The number of anilines is 1. The molecule has 6 heteroatoms. The Morgan fingerprint density at radius 3 is 2.91 bits per heavy atom. The van der Waals surface area contributed by atoms with Crippen LogP contribution in [0.1, 0.15) is 16.2 Å². The number of hydrogen-bond acceptors (Lipinski definition) is 4. The summed E-state index contributed by atoms with van der Waals surface area (Å²) in [5.74, 6) is 0.580. The minimum Gasteiger partial charge on any atom is -0.320 e. The van der Waals surface area contributed by atoms with Crippen LogP contribution in [0.5, 0.6) is 0 Å². The molecule has 0 bridgehead atoms. The van der Waals surface area contributed by atoms with E-state index in [1.165, 1.54) is 0 Å². The van der Waals surface area contributed by atoms with E-state index in [2.05, 4.69) is 20.5 Å². The largest absolute Gasteiger partial charge is 0.320 e. The number of rotatable bonds is 2. The fraction of sp³-hybridized carbons (Fsp3) is 0.0588. The topological polar surface area (TPSA) is 72.2 Å². The molecule has 0 fully saturated rings. The molecule has 0 atom stereocenters. The van der Waals surface area contributed by atoms with Crippen LogP contribution < -0.4 is 5.32 Å². The minimum absolute atomic E-state index is 0.202. The van der Waals surface area contributed by atoms with E-state index >= 15 is 0 Å². The highest BCUT2D eigenvalue weighted by molar-refractivity contribution is 6.08. The Morgan fingerprint density at radius 1 is 1.13 bits per heavy atom. The highest BCUT2D eigenvalue weighted by atomic mass is 16.1. The number of aromatic nitrogens is 4. The molecule has 112 valence electrons. The molecule has 0 saturated heterocycles. The summed E-state index contributed by atoms with van der Waals surface area (Å²) >= 11 is 0. The van der Waals surface area contributed by atoms with Gasteiger partial charge in [0.05, 0.1) is 11.2 Å². The summed E-state index contributed by atoms with van der Waals surface area (Å²) in [4.78, 5) is 16.9. The minimum atomic E-state index is -0.202. The van der Waals surface area contributed by atoms with Crippen molar-refractivity contribution in [1.29, 1.82) is 0 Å². The van der Waals surface area contributed by atoms with Crippen LogP contribution in [0.3, 0.4) is 0 Å². The Balaban J connectivity index is 1.70. The number of benzene rings is 1. The summed E-state index contributed by atoms with van der Waals surface area (Å²) in [5, 5.41) is 11.9. The van der Waals surface area contributed by atoms with E-state index in [0.717, 1.165) is 16.7 Å². The predicted molar refractivity (Wildman–Crippen MR) is 87.4 cm³/mol. The Kier molecular flexibility index (Phi) is 3.01. The van der Waals surface area contributed by atoms with Crippen molar-refractivity contribution in [3.63, 3.8) is 0 Å². The van der Waals surface area contributed by atoms with Crippen LogP contribution in [-0.2, 0) is 0 Å². The first kappa shape index (κ1) is 13.4. The zero-order chi connectivity index (χ0) is 15.8. The number of nitrogens with zero attached hydrogens (tertiary/aromatic N) is 4. The van der Waals surface area contributed by atoms with Crippen molar-refractivity contribution in [3.8, 4) is 0 Å². The number of pyridine rings is 2. The fourth-order valence-electron chi connectivity index (χ4n) is 2.55. The summed E-state index contributed by atoms with van der Waals surface area (Å²) < 4.78 is 1.83. The molecule has 0 aliphatic heterocycles. The summed E-state index contributed by atoms with van der Waals surface area (Å²) in [6, 6.07) is 13.0. The molecule has 4 aromatic rings. The van der Waals surface area contributed by atoms with Crippen LogP contribution in [0.15, 0.2) is 54.9 Å². The summed E-state index contributed by atoms with van der Waals surface area (Å²) in [7, 11) is 0. The first-order valence-electron chi connectivity index (χ1n) is 7.19. The molecule has 0 aliphatic carbocycles. The molecule has 3 heterocycles. The maximum atomic E-state index is 12.5. The van der Waals surface area contributed by atoms with Crippen molar-refractivity contribution in [1.82, 2.24) is 19.6 Å². The molecule has 0 aliphatic rings. The van der Waals surface area contributed by atoms with Gasteiger partial charge in [0.25, 0.3) is 5.91 Å². The monoisotopic (exact) mass is 303 g/mol. The van der Waals surface area contributed by atoms with Crippen LogP contribution in [0.4, 0.5) is 5.69 Å². The molecule has 0 radical (unpaired) electrons. The second-order valence-corrected chi connectivity index (χ2v) is 5.23. The fourth-order valence-corrected chi connectivity index (χ4v) is 2.55. The molecule has 4 rings (SSSR count). The van der Waals surface area contributed by atoms with E-state index in [1.54, 1.807) is 24.5 Å². The van der Waals surface area contributed by atoms with Gasteiger partial charge < -0.3 is 5.32 Å². The Hall–Kier alpha value is -3.28. The maximum Gasteiger partial charge on any atom is 0.255 e. The van der Waals surface area contributed by atoms with Crippen molar-refractivity contribution < 1.29 is 4.79 Å². The van der Waals surface area contributed by atoms with Gasteiger partial charge >= 0.3 is 0 Å². The van der Waals surface area contributed by atoms with Crippen LogP contribution in [-0.4, -0.2) is 25.5 Å². The number of carbonyl (C=O) groups is 1. The van der Waals surface area contributed by atoms with Crippen molar-refractivity contribution >= 4 is 28.1 Å². The van der Waals surface area contributed by atoms with Gasteiger partial charge in [0.1, 0.15) is 5.82 Å². The predicted octanol–water partition coefficient (Wildman–Crippen LogP) is 2.84. The van der Waals surface area contributed by atoms with Gasteiger partial charge in [0.2, 0.25) is 0 Å². The average molecular weight is 303 g/mol. The molecule has 23 heavy (non-hydrogen) atoms. The van der Waals surface area contributed by atoms with Gasteiger partial charge in [-0.15, -0.1) is 10.2 Å². The molecule has 1 N–H and O–H groups in total. The summed E-state index contributed by atoms with van der Waals surface area (Å²) in [6.45, 7) is 1.86. The van der Waals surface area contributed by atoms with Crippen LogP contribution >= 0.6 is 0 Å². The first-order valence-corrected chi connectivity index (χ1v) is 7.19. The molecule has 0 saturated carbocycles. The molecule has 0 spiro atoms. The zero-order valence-corrected chi connectivity index (χ0v) is 12.4. The lowest BCUT2D eigenvalue weighted by atomic mass is 10.2. The quantitative estimate of drug-likeness (QED) is 0.618. The number of amides is 1. The van der Waals surface area contributed by atoms with Crippen molar-refractivity contribution in [2.24, 2.45) is 0 Å². The third kappa shape index (κ3) is 2.30. The van der Waals surface area contributed by atoms with Gasteiger partial charge in [-0.3, -0.25) is 14.2 Å². The van der Waals surface area contributed by atoms with E-state index in [1.807, 2.05) is 41.7 Å². The normalized spacial score (nSPS) is 11.0. The number of fused-ring (bicyclic) bond motifs is 2. The smallest absolute Gasteiger partial charge is 0.255 e. The van der Waals surface area contributed by atoms with E-state index in [9.17, 15) is 4.79 Å². The third-order valence-electron chi connectivity index (χ3n) is 3.72. The Labute approximate surface area is 131 Å². The van der Waals surface area contributed by atoms with E-state index in [-0.39, 0.29) is 5.91 Å². The van der Waals surface area contributed by atoms with Crippen LogP contribution in [0, 0.1) is 6.92 Å². The highest BCUT2D eigenvalue weighted by Crippen LogP contribution is 2.21. The molecule has 1 aromatic carbocycles. The van der Waals surface area contributed by atoms with Gasteiger partial charge in [-0.05, 0) is 31.2 Å². The zero-order valence-electron chi connectivity index (χ0n) is 12.4. The van der Waals surface area contributed by atoms with E-state index in [4.69, 9.17) is 0 Å². The molecule has 6 nitrogen and oxygen atoms in total. The van der Waals surface area contributed by atoms with Gasteiger partial charge in [-0.2, -0.15) is 0 Å². The van der Waals surface area contributed by atoms with Gasteiger partial charge in [-0.25, -0.2) is 0 Å². The lowest BCUT2D eigenvalue weighted by Gasteiger charge is -2.08. The van der Waals surface area contributed by atoms with E-state index < -0.39 is 0 Å². The molecule has 0 unspecified atom stereocenters. The number of aryl methyl sites for hydroxylation is 1. The third-order valence-corrected chi connectivity index (χ3v) is 3.72. The summed E-state index contributed by atoms with van der Waals surface area (Å²) in [6.07, 6.45) is 3.50. The number of para-hydroxylation sites is 1. The van der Waals surface area contributed by atoms with Crippen LogP contribution in [0.2, 0.25) is 0 Å². The SMILES string of the molecule is Cc1nnc2cc(C(=O)Nc3cccc4cccnc34)ccn12. The van der Waals surface area contributed by atoms with Crippen LogP contribution in [0.25, 0.3) is 16.6 Å². The first-order chi connectivity index (χ1) is 11.2. The number of nitrogens with one attached hydrogen (secondary N) is 1. The second kappa shape index (κ2) is 5.17. The molecule has 3 aromatic heterocycles. The second-order valence-electron chi connectivity index (χ2n) is 5.23. The maximum absolute atomic E-state index is 12.5. The number of hydrogen-bond donors (Lipinski definition) is 1. The van der Waals surface area contributed by atoms with Crippen molar-refractivity contribution in [2.45, 2.75) is 6.92 Å². The standard InChI is InChI=1S/C17H13N5O/c1-11-20-21-15-10-13(7-9-22(11)15)17(23)19-14-6-2-4-12-5-3-8-18-16(12)14/h2-10H,1H3,(H,19,23). The lowest BCUT2D eigenvalue weighted by molar-refractivity contribution is 0.102. The molecular formula is C17H13N5O.